The number of nitrogens with zero attached hydrogens (tertiary/aromatic N) is 2. The molecule has 2 heterocycles. The highest BCUT2D eigenvalue weighted by atomic mass is 32.1. The third kappa shape index (κ3) is 2.99. The van der Waals surface area contributed by atoms with Gasteiger partial charge in [0, 0.05) is 20.5 Å². The normalized spacial score (nSPS) is 10.4. The average Bonchev–Trinajstić information content (AvgIpc) is 2.96. The number of ketones is 1. The zero-order chi connectivity index (χ0) is 14.0. The van der Waals surface area contributed by atoms with Crippen molar-refractivity contribution in [2.24, 2.45) is 0 Å². The summed E-state index contributed by atoms with van der Waals surface area (Å²) in [6, 6.07) is 2.00. The lowest BCUT2D eigenvalue weighted by atomic mass is 10.3. The van der Waals surface area contributed by atoms with Gasteiger partial charge in [0.1, 0.15) is 4.88 Å². The molecule has 0 aliphatic heterocycles. The van der Waals surface area contributed by atoms with Crippen molar-refractivity contribution in [3.8, 4) is 0 Å². The minimum absolute atomic E-state index is 0.162. The van der Waals surface area contributed by atoms with E-state index in [0.29, 0.717) is 11.7 Å². The highest BCUT2D eigenvalue weighted by Gasteiger charge is 2.22. The number of carbonyl (C=O) groups excluding carboxylic acids is 1. The van der Waals surface area contributed by atoms with Gasteiger partial charge in [-0.05, 0) is 22.4 Å². The van der Waals surface area contributed by atoms with Crippen molar-refractivity contribution in [2.45, 2.75) is 13.5 Å². The maximum atomic E-state index is 11.4. The molecule has 0 aliphatic carbocycles. The zero-order valence-electron chi connectivity index (χ0n) is 10.4. The van der Waals surface area contributed by atoms with Crippen LogP contribution in [0.15, 0.2) is 16.8 Å². The van der Waals surface area contributed by atoms with Crippen molar-refractivity contribution in [1.29, 1.82) is 0 Å². The van der Waals surface area contributed by atoms with Gasteiger partial charge in [0.25, 0.3) is 0 Å². The summed E-state index contributed by atoms with van der Waals surface area (Å²) in [5.74, 6) is -1.44. The van der Waals surface area contributed by atoms with E-state index in [2.05, 4.69) is 4.98 Å². The van der Waals surface area contributed by atoms with Crippen molar-refractivity contribution in [3.05, 3.63) is 33.0 Å². The average molecular weight is 296 g/mol. The fraction of sp³-hybridized carbons (Fsp3) is 0.250. The van der Waals surface area contributed by atoms with Crippen LogP contribution in [0.5, 0.6) is 0 Å². The van der Waals surface area contributed by atoms with E-state index in [0.717, 1.165) is 16.9 Å². The molecule has 2 aromatic rings. The fourth-order valence-electron chi connectivity index (χ4n) is 1.58. The highest BCUT2D eigenvalue weighted by Crippen LogP contribution is 2.27. The lowest BCUT2D eigenvalue weighted by Crippen LogP contribution is -2.15. The van der Waals surface area contributed by atoms with Crippen LogP contribution >= 0.6 is 22.7 Å². The second-order valence-electron chi connectivity index (χ2n) is 4.02. The number of carboxylic acids is 1. The summed E-state index contributed by atoms with van der Waals surface area (Å²) in [6.45, 7) is 1.98. The molecule has 0 saturated heterocycles. The Morgan fingerprint density at radius 2 is 2.21 bits per heavy atom. The Balaban J connectivity index is 2.27. The van der Waals surface area contributed by atoms with Crippen molar-refractivity contribution in [1.82, 2.24) is 4.98 Å². The van der Waals surface area contributed by atoms with Gasteiger partial charge in [0.15, 0.2) is 16.6 Å². The van der Waals surface area contributed by atoms with Gasteiger partial charge >= 0.3 is 5.97 Å². The molecule has 0 aromatic carbocycles. The molecule has 2 aromatic heterocycles. The molecule has 0 amide bonds. The van der Waals surface area contributed by atoms with Crippen molar-refractivity contribution < 1.29 is 14.7 Å². The Morgan fingerprint density at radius 3 is 2.68 bits per heavy atom. The number of hydrogen-bond donors (Lipinski definition) is 1. The molecule has 0 unspecified atom stereocenters. The van der Waals surface area contributed by atoms with Crippen molar-refractivity contribution in [3.63, 3.8) is 0 Å². The predicted octanol–water partition coefficient (Wildman–Crippen LogP) is 2.74. The molecule has 0 saturated carbocycles. The van der Waals surface area contributed by atoms with Crippen LogP contribution in [-0.4, -0.2) is 28.9 Å². The molecule has 0 fully saturated rings. The van der Waals surface area contributed by atoms with Crippen LogP contribution in [0.2, 0.25) is 0 Å². The summed E-state index contributed by atoms with van der Waals surface area (Å²) in [4.78, 5) is 28.5. The van der Waals surface area contributed by atoms with E-state index in [1.165, 1.54) is 6.92 Å². The van der Waals surface area contributed by atoms with E-state index in [1.54, 1.807) is 11.3 Å². The molecule has 100 valence electrons. The Kier molecular flexibility index (Phi) is 3.96. The zero-order valence-corrected chi connectivity index (χ0v) is 12.0. The first-order valence-corrected chi connectivity index (χ1v) is 7.22. The van der Waals surface area contributed by atoms with Crippen molar-refractivity contribution >= 4 is 39.6 Å². The molecule has 0 bridgehead atoms. The lowest BCUT2D eigenvalue weighted by molar-refractivity contribution is 0.0687. The van der Waals surface area contributed by atoms with E-state index in [4.69, 9.17) is 5.11 Å². The maximum Gasteiger partial charge on any atom is 0.356 e. The number of hydrogen-bond acceptors (Lipinski definition) is 6. The number of anilines is 1. The fourth-order valence-corrected chi connectivity index (χ4v) is 3.15. The Hall–Kier alpha value is -1.73. The number of thiophene rings is 1. The summed E-state index contributed by atoms with van der Waals surface area (Å²) < 4.78 is 0. The highest BCUT2D eigenvalue weighted by molar-refractivity contribution is 7.17. The molecular formula is C12H12N2O3S2. The summed E-state index contributed by atoms with van der Waals surface area (Å²) in [7, 11) is 1.83. The van der Waals surface area contributed by atoms with Crippen LogP contribution in [0.1, 0.15) is 32.6 Å². The smallest absolute Gasteiger partial charge is 0.356 e. The number of aromatic nitrogens is 1. The molecule has 7 heteroatoms. The van der Waals surface area contributed by atoms with Gasteiger partial charge in [-0.25, -0.2) is 9.78 Å². The molecule has 0 spiro atoms. The molecule has 0 atom stereocenters. The first-order chi connectivity index (χ1) is 8.99. The monoisotopic (exact) mass is 296 g/mol. The topological polar surface area (TPSA) is 70.5 Å². The van der Waals surface area contributed by atoms with Crippen LogP contribution in [-0.2, 0) is 6.54 Å². The molecule has 5 nitrogen and oxygen atoms in total. The van der Waals surface area contributed by atoms with Gasteiger partial charge in [0.2, 0.25) is 0 Å². The summed E-state index contributed by atoms with van der Waals surface area (Å²) in [6.07, 6.45) is 0. The van der Waals surface area contributed by atoms with E-state index in [9.17, 15) is 9.59 Å². The van der Waals surface area contributed by atoms with Gasteiger partial charge < -0.3 is 10.0 Å². The first-order valence-electron chi connectivity index (χ1n) is 5.46. The molecular weight excluding hydrogens is 284 g/mol. The van der Waals surface area contributed by atoms with Gasteiger partial charge in [-0.2, -0.15) is 11.3 Å². The number of Topliss-reactive ketones (excluding diaryl/α,β-unsaturated/α-hetero) is 1. The lowest BCUT2D eigenvalue weighted by Gasteiger charge is -2.14. The quantitative estimate of drug-likeness (QED) is 0.859. The third-order valence-electron chi connectivity index (χ3n) is 2.46. The number of carboxylic acid groups (broad SMARTS) is 1. The number of rotatable bonds is 5. The molecule has 2 rings (SSSR count). The summed E-state index contributed by atoms with van der Waals surface area (Å²) in [5.41, 5.74) is 0.966. The van der Waals surface area contributed by atoms with Gasteiger partial charge in [-0.1, -0.05) is 11.3 Å². The van der Waals surface area contributed by atoms with E-state index in [-0.39, 0.29) is 16.4 Å². The molecule has 0 radical (unpaired) electrons. The Labute approximate surface area is 118 Å². The predicted molar refractivity (Wildman–Crippen MR) is 75.5 cm³/mol. The Morgan fingerprint density at radius 1 is 1.47 bits per heavy atom. The molecule has 1 N–H and O–H groups in total. The second kappa shape index (κ2) is 5.50. The minimum Gasteiger partial charge on any atom is -0.476 e. The van der Waals surface area contributed by atoms with E-state index in [1.807, 2.05) is 28.8 Å². The van der Waals surface area contributed by atoms with Crippen LogP contribution in [0.3, 0.4) is 0 Å². The molecule has 19 heavy (non-hydrogen) atoms. The second-order valence-corrected chi connectivity index (χ2v) is 5.78. The van der Waals surface area contributed by atoms with E-state index >= 15 is 0 Å². The van der Waals surface area contributed by atoms with Crippen LogP contribution in [0, 0.1) is 0 Å². The number of aromatic carboxylic acids is 1. The largest absolute Gasteiger partial charge is 0.476 e. The summed E-state index contributed by atoms with van der Waals surface area (Å²) in [5, 5.41) is 13.6. The molecule has 0 aliphatic rings. The number of thiazole rings is 1. The van der Waals surface area contributed by atoms with Gasteiger partial charge in [-0.15, -0.1) is 0 Å². The van der Waals surface area contributed by atoms with E-state index < -0.39 is 5.97 Å². The standard InChI is InChI=1S/C12H12N2O3S2/c1-7(15)10-9(11(16)17)13-12(19-10)14(2)5-8-3-4-18-6-8/h3-4,6H,5H2,1-2H3,(H,16,17). The van der Waals surface area contributed by atoms with Gasteiger partial charge in [-0.3, -0.25) is 4.79 Å². The first kappa shape index (κ1) is 13.7. The van der Waals surface area contributed by atoms with Crippen LogP contribution in [0.25, 0.3) is 0 Å². The third-order valence-corrected chi connectivity index (χ3v) is 4.47. The maximum absolute atomic E-state index is 11.4. The van der Waals surface area contributed by atoms with Crippen LogP contribution < -0.4 is 4.90 Å². The SMILES string of the molecule is CC(=O)c1sc(N(C)Cc2ccsc2)nc1C(=O)O. The minimum atomic E-state index is -1.17. The van der Waals surface area contributed by atoms with Crippen molar-refractivity contribution in [2.75, 3.05) is 11.9 Å². The van der Waals surface area contributed by atoms with Gasteiger partial charge in [0.05, 0.1) is 0 Å². The summed E-state index contributed by atoms with van der Waals surface area (Å²) >= 11 is 2.72. The number of carbonyl (C=O) groups is 2. The van der Waals surface area contributed by atoms with Crippen LogP contribution in [0.4, 0.5) is 5.13 Å². The Bertz CT molecular complexity index is 573.